The molecule has 0 aromatic heterocycles. The van der Waals surface area contributed by atoms with Crippen LogP contribution < -0.4 is 0 Å². The van der Waals surface area contributed by atoms with Crippen molar-refractivity contribution < 1.29 is 13.2 Å². The van der Waals surface area contributed by atoms with E-state index in [0.717, 1.165) is 11.1 Å². The van der Waals surface area contributed by atoms with Crippen molar-refractivity contribution in [1.29, 1.82) is 0 Å². The summed E-state index contributed by atoms with van der Waals surface area (Å²) in [5.74, 6) is -0.00851. The molecule has 0 saturated heterocycles. The summed E-state index contributed by atoms with van der Waals surface area (Å²) in [5.41, 5.74) is 1.74. The van der Waals surface area contributed by atoms with E-state index in [2.05, 4.69) is 0 Å². The van der Waals surface area contributed by atoms with Crippen LogP contribution in [0.4, 0.5) is 0 Å². The van der Waals surface area contributed by atoms with Crippen LogP contribution in [0.2, 0.25) is 5.02 Å². The third-order valence-electron chi connectivity index (χ3n) is 2.97. The van der Waals surface area contributed by atoms with E-state index in [9.17, 15) is 13.2 Å². The first-order valence-corrected chi connectivity index (χ1v) is 7.99. The standard InChI is InChI=1S/C11H11Cl2NO3S/c1-7(15)14-3-2-8-5-11(18(13,16)17)10(12)4-9(8)6-14/h4-5H,2-3,6H2,1H3. The van der Waals surface area contributed by atoms with Gasteiger partial charge in [0.05, 0.1) is 5.02 Å². The highest BCUT2D eigenvalue weighted by molar-refractivity contribution is 8.13. The van der Waals surface area contributed by atoms with Crippen LogP contribution in [0.25, 0.3) is 0 Å². The second-order valence-corrected chi connectivity index (χ2v) is 7.12. The first kappa shape index (κ1) is 13.6. The molecule has 0 saturated carbocycles. The maximum absolute atomic E-state index is 11.3. The Labute approximate surface area is 115 Å². The average molecular weight is 308 g/mol. The van der Waals surface area contributed by atoms with Gasteiger partial charge in [-0.25, -0.2) is 8.42 Å². The number of carbonyl (C=O) groups is 1. The van der Waals surface area contributed by atoms with Gasteiger partial charge in [0, 0.05) is 30.7 Å². The predicted octanol–water partition coefficient (Wildman–Crippen LogP) is 2.17. The van der Waals surface area contributed by atoms with E-state index in [1.54, 1.807) is 11.0 Å². The number of benzene rings is 1. The second kappa shape index (κ2) is 4.72. The second-order valence-electron chi connectivity index (χ2n) is 4.18. The molecule has 1 amide bonds. The summed E-state index contributed by atoms with van der Waals surface area (Å²) in [6, 6.07) is 3.07. The van der Waals surface area contributed by atoms with Crippen molar-refractivity contribution in [3.05, 3.63) is 28.3 Å². The van der Waals surface area contributed by atoms with Crippen molar-refractivity contribution in [2.75, 3.05) is 6.54 Å². The molecule has 4 nitrogen and oxygen atoms in total. The molecule has 0 spiro atoms. The molecule has 1 aliphatic rings. The minimum Gasteiger partial charge on any atom is -0.338 e. The van der Waals surface area contributed by atoms with Crippen LogP contribution in [0.5, 0.6) is 0 Å². The van der Waals surface area contributed by atoms with Gasteiger partial charge in [-0.2, -0.15) is 0 Å². The van der Waals surface area contributed by atoms with Gasteiger partial charge in [0.1, 0.15) is 4.90 Å². The molecule has 1 heterocycles. The summed E-state index contributed by atoms with van der Waals surface area (Å²) < 4.78 is 22.7. The van der Waals surface area contributed by atoms with E-state index in [-0.39, 0.29) is 15.8 Å². The fourth-order valence-electron chi connectivity index (χ4n) is 2.01. The molecule has 1 aliphatic heterocycles. The lowest BCUT2D eigenvalue weighted by atomic mass is 10.00. The molecule has 0 fully saturated rings. The summed E-state index contributed by atoms with van der Waals surface area (Å²) in [6.45, 7) is 2.53. The van der Waals surface area contributed by atoms with E-state index in [1.807, 2.05) is 0 Å². The van der Waals surface area contributed by atoms with Crippen LogP contribution in [0.15, 0.2) is 17.0 Å². The van der Waals surface area contributed by atoms with Crippen LogP contribution in [-0.2, 0) is 26.8 Å². The molecular weight excluding hydrogens is 297 g/mol. The third-order valence-corrected chi connectivity index (χ3v) is 4.76. The van der Waals surface area contributed by atoms with E-state index < -0.39 is 9.05 Å². The molecule has 0 bridgehead atoms. The Balaban J connectivity index is 2.46. The molecule has 1 aromatic rings. The SMILES string of the molecule is CC(=O)N1CCc2cc(S(=O)(=O)Cl)c(Cl)cc2C1. The number of amides is 1. The van der Waals surface area contributed by atoms with Gasteiger partial charge in [0.15, 0.2) is 0 Å². The van der Waals surface area contributed by atoms with E-state index in [1.165, 1.54) is 13.0 Å². The van der Waals surface area contributed by atoms with Crippen molar-refractivity contribution in [2.45, 2.75) is 24.8 Å². The van der Waals surface area contributed by atoms with Crippen molar-refractivity contribution in [2.24, 2.45) is 0 Å². The van der Waals surface area contributed by atoms with Crippen LogP contribution in [0.1, 0.15) is 18.1 Å². The number of halogens is 2. The first-order valence-electron chi connectivity index (χ1n) is 5.30. The molecular formula is C11H11Cl2NO3S. The van der Waals surface area contributed by atoms with Crippen molar-refractivity contribution >= 4 is 37.2 Å². The van der Waals surface area contributed by atoms with Crippen molar-refractivity contribution in [3.8, 4) is 0 Å². The lowest BCUT2D eigenvalue weighted by Gasteiger charge is -2.28. The maximum atomic E-state index is 11.3. The zero-order valence-corrected chi connectivity index (χ0v) is 11.9. The van der Waals surface area contributed by atoms with Gasteiger partial charge in [0.2, 0.25) is 5.91 Å². The number of nitrogens with zero attached hydrogens (tertiary/aromatic N) is 1. The van der Waals surface area contributed by atoms with Gasteiger partial charge in [-0.3, -0.25) is 4.79 Å². The van der Waals surface area contributed by atoms with Gasteiger partial charge in [0.25, 0.3) is 9.05 Å². The molecule has 0 atom stereocenters. The van der Waals surface area contributed by atoms with Gasteiger partial charge >= 0.3 is 0 Å². The number of rotatable bonds is 1. The average Bonchev–Trinajstić information content (AvgIpc) is 2.25. The predicted molar refractivity (Wildman–Crippen MR) is 69.3 cm³/mol. The van der Waals surface area contributed by atoms with Crippen LogP contribution in [-0.4, -0.2) is 25.8 Å². The lowest BCUT2D eigenvalue weighted by Crippen LogP contribution is -2.34. The summed E-state index contributed by atoms with van der Waals surface area (Å²) in [5, 5.41) is 0.0918. The maximum Gasteiger partial charge on any atom is 0.262 e. The highest BCUT2D eigenvalue weighted by Crippen LogP contribution is 2.31. The molecule has 0 radical (unpaired) electrons. The summed E-state index contributed by atoms with van der Waals surface area (Å²) in [7, 11) is 1.47. The van der Waals surface area contributed by atoms with Gasteiger partial charge in [-0.05, 0) is 29.7 Å². The van der Waals surface area contributed by atoms with Gasteiger partial charge in [-0.15, -0.1) is 0 Å². The number of carbonyl (C=O) groups excluding carboxylic acids is 1. The largest absolute Gasteiger partial charge is 0.338 e. The van der Waals surface area contributed by atoms with E-state index in [4.69, 9.17) is 22.3 Å². The topological polar surface area (TPSA) is 54.5 Å². The van der Waals surface area contributed by atoms with Crippen molar-refractivity contribution in [3.63, 3.8) is 0 Å². The summed E-state index contributed by atoms with van der Waals surface area (Å²) in [6.07, 6.45) is 0.603. The zero-order chi connectivity index (χ0) is 13.5. The molecule has 2 rings (SSSR count). The highest BCUT2D eigenvalue weighted by atomic mass is 35.7. The number of fused-ring (bicyclic) bond motifs is 1. The number of hydrogen-bond donors (Lipinski definition) is 0. The monoisotopic (exact) mass is 307 g/mol. The minimum absolute atomic E-state index is 0.00851. The van der Waals surface area contributed by atoms with Crippen molar-refractivity contribution in [1.82, 2.24) is 4.90 Å². The third kappa shape index (κ3) is 2.63. The first-order chi connectivity index (χ1) is 8.29. The Bertz CT molecular complexity index is 613. The van der Waals surface area contributed by atoms with E-state index in [0.29, 0.717) is 19.5 Å². The Hall–Kier alpha value is -0.780. The molecule has 18 heavy (non-hydrogen) atoms. The Kier molecular flexibility index (Phi) is 3.58. The van der Waals surface area contributed by atoms with Gasteiger partial charge < -0.3 is 4.90 Å². The molecule has 98 valence electrons. The van der Waals surface area contributed by atoms with E-state index >= 15 is 0 Å². The van der Waals surface area contributed by atoms with Crippen LogP contribution in [0.3, 0.4) is 0 Å². The summed E-state index contributed by atoms with van der Waals surface area (Å²) >= 11 is 5.91. The molecule has 0 N–H and O–H groups in total. The van der Waals surface area contributed by atoms with Crippen LogP contribution in [0, 0.1) is 0 Å². The van der Waals surface area contributed by atoms with Gasteiger partial charge in [-0.1, -0.05) is 11.6 Å². The molecule has 7 heteroatoms. The fourth-order valence-corrected chi connectivity index (χ4v) is 3.58. The normalized spacial score (nSPS) is 15.4. The molecule has 1 aromatic carbocycles. The van der Waals surface area contributed by atoms with Crippen LogP contribution >= 0.6 is 22.3 Å². The highest BCUT2D eigenvalue weighted by Gasteiger charge is 2.23. The molecule has 0 unspecified atom stereocenters. The lowest BCUT2D eigenvalue weighted by molar-refractivity contribution is -0.129. The quantitative estimate of drug-likeness (QED) is 0.747. The minimum atomic E-state index is -3.84. The fraction of sp³-hybridized carbons (Fsp3) is 0.364. The Morgan fingerprint density at radius 2 is 2.00 bits per heavy atom. The smallest absolute Gasteiger partial charge is 0.262 e. The zero-order valence-electron chi connectivity index (χ0n) is 9.61. The Morgan fingerprint density at radius 3 is 2.56 bits per heavy atom. The number of hydrogen-bond acceptors (Lipinski definition) is 3. The summed E-state index contributed by atoms with van der Waals surface area (Å²) in [4.78, 5) is 12.9. The molecule has 0 aliphatic carbocycles. The Morgan fingerprint density at radius 1 is 1.33 bits per heavy atom.